The maximum absolute atomic E-state index is 5.76. The minimum Gasteiger partial charge on any atom is -0.302 e. The van der Waals surface area contributed by atoms with E-state index in [0.29, 0.717) is 5.41 Å². The molecule has 1 aliphatic heterocycles. The maximum Gasteiger partial charge on any atom is 0.0235 e. The Morgan fingerprint density at radius 2 is 2.12 bits per heavy atom. The van der Waals surface area contributed by atoms with Crippen LogP contribution in [0, 0.1) is 5.92 Å². The van der Waals surface area contributed by atoms with Crippen LogP contribution < -0.4 is 0 Å². The Bertz CT molecular complexity index is 405. The van der Waals surface area contributed by atoms with Crippen molar-refractivity contribution in [1.29, 1.82) is 0 Å². The van der Waals surface area contributed by atoms with Crippen molar-refractivity contribution in [2.45, 2.75) is 18.3 Å². The van der Waals surface area contributed by atoms with Gasteiger partial charge in [-0.25, -0.2) is 0 Å². The third kappa shape index (κ3) is 2.16. The zero-order chi connectivity index (χ0) is 11.9. The smallest absolute Gasteiger partial charge is 0.0235 e. The fraction of sp³-hybridized carbons (Fsp3) is 0.571. The fourth-order valence-electron chi connectivity index (χ4n) is 3.27. The van der Waals surface area contributed by atoms with Gasteiger partial charge in [0.2, 0.25) is 0 Å². The summed E-state index contributed by atoms with van der Waals surface area (Å²) in [6.45, 7) is 3.67. The average Bonchev–Trinajstić information content (AvgIpc) is 2.91. The van der Waals surface area contributed by atoms with Gasteiger partial charge in [-0.2, -0.15) is 0 Å². The van der Waals surface area contributed by atoms with E-state index >= 15 is 0 Å². The molecule has 0 bridgehead atoms. The lowest BCUT2D eigenvalue weighted by atomic mass is 9.95. The van der Waals surface area contributed by atoms with Crippen LogP contribution in [0.3, 0.4) is 0 Å². The molecule has 1 saturated heterocycles. The molecule has 2 aliphatic rings. The second-order valence-electron chi connectivity index (χ2n) is 5.34. The molecule has 0 radical (unpaired) electrons. The summed E-state index contributed by atoms with van der Waals surface area (Å²) in [7, 11) is 0. The first-order valence-electron chi connectivity index (χ1n) is 6.29. The van der Waals surface area contributed by atoms with E-state index in [-0.39, 0.29) is 0 Å². The molecule has 1 aromatic carbocycles. The number of hydrogen-bond donors (Lipinski definition) is 0. The van der Waals surface area contributed by atoms with Crippen molar-refractivity contribution in [2.24, 2.45) is 5.92 Å². The van der Waals surface area contributed by atoms with E-state index in [1.165, 1.54) is 29.5 Å². The highest BCUT2D eigenvalue weighted by atomic mass is 79.9. The molecule has 0 unspecified atom stereocenters. The quantitative estimate of drug-likeness (QED) is 0.767. The van der Waals surface area contributed by atoms with Gasteiger partial charge in [-0.1, -0.05) is 28.1 Å². The van der Waals surface area contributed by atoms with Crippen LogP contribution in [-0.4, -0.2) is 30.4 Å². The van der Waals surface area contributed by atoms with Crippen molar-refractivity contribution in [1.82, 2.24) is 4.90 Å². The zero-order valence-corrected chi connectivity index (χ0v) is 12.2. The second kappa shape index (κ2) is 4.56. The summed E-state index contributed by atoms with van der Waals surface area (Å²) in [4.78, 5) is 2.58. The predicted octanol–water partition coefficient (Wildman–Crippen LogP) is 3.65. The molecule has 17 heavy (non-hydrogen) atoms. The lowest BCUT2D eigenvalue weighted by Gasteiger charge is -2.20. The molecular formula is C14H17BrClN. The summed E-state index contributed by atoms with van der Waals surface area (Å²) in [5, 5.41) is 0. The molecule has 1 nitrogen and oxygen atoms in total. The standard InChI is InChI=1S/C14H17BrClN/c15-13-4-2-11(3-5-13)14-8-12(14)9-17(10-14)7-1-6-16/h2-5,12H,1,6-10H2/t12-,14+/m1/s1. The molecule has 92 valence electrons. The van der Waals surface area contributed by atoms with Crippen molar-refractivity contribution < 1.29 is 0 Å². The van der Waals surface area contributed by atoms with Crippen molar-refractivity contribution >= 4 is 27.5 Å². The number of halogens is 2. The number of likely N-dealkylation sites (tertiary alicyclic amines) is 1. The average molecular weight is 315 g/mol. The van der Waals surface area contributed by atoms with E-state index < -0.39 is 0 Å². The van der Waals surface area contributed by atoms with Crippen LogP contribution in [0.25, 0.3) is 0 Å². The Morgan fingerprint density at radius 1 is 1.35 bits per heavy atom. The van der Waals surface area contributed by atoms with Gasteiger partial charge in [0.05, 0.1) is 0 Å². The maximum atomic E-state index is 5.76. The largest absolute Gasteiger partial charge is 0.302 e. The Kier molecular flexibility index (Phi) is 3.22. The summed E-state index contributed by atoms with van der Waals surface area (Å²) in [5.41, 5.74) is 2.01. The van der Waals surface area contributed by atoms with E-state index in [2.05, 4.69) is 45.1 Å². The summed E-state index contributed by atoms with van der Waals surface area (Å²) in [6, 6.07) is 8.91. The monoisotopic (exact) mass is 313 g/mol. The molecule has 0 amide bonds. The van der Waals surface area contributed by atoms with Crippen LogP contribution >= 0.6 is 27.5 Å². The molecule has 0 N–H and O–H groups in total. The summed E-state index contributed by atoms with van der Waals surface area (Å²) < 4.78 is 1.17. The first kappa shape index (κ1) is 12.0. The van der Waals surface area contributed by atoms with Gasteiger partial charge in [0.1, 0.15) is 0 Å². The number of piperidine rings is 1. The van der Waals surface area contributed by atoms with E-state index in [9.17, 15) is 0 Å². The molecule has 3 rings (SSSR count). The summed E-state index contributed by atoms with van der Waals surface area (Å²) in [6.07, 6.45) is 2.50. The summed E-state index contributed by atoms with van der Waals surface area (Å²) in [5.74, 6) is 1.67. The van der Waals surface area contributed by atoms with Gasteiger partial charge in [-0.15, -0.1) is 11.6 Å². The topological polar surface area (TPSA) is 3.24 Å². The lowest BCUT2D eigenvalue weighted by molar-refractivity contribution is 0.299. The van der Waals surface area contributed by atoms with Gasteiger partial charge in [0.15, 0.2) is 0 Å². The number of hydrogen-bond acceptors (Lipinski definition) is 1. The van der Waals surface area contributed by atoms with Crippen molar-refractivity contribution in [2.75, 3.05) is 25.5 Å². The number of benzene rings is 1. The van der Waals surface area contributed by atoms with Crippen LogP contribution in [0.2, 0.25) is 0 Å². The normalized spacial score (nSPS) is 31.5. The van der Waals surface area contributed by atoms with Crippen molar-refractivity contribution in [3.63, 3.8) is 0 Å². The van der Waals surface area contributed by atoms with Crippen LogP contribution in [0.4, 0.5) is 0 Å². The van der Waals surface area contributed by atoms with E-state index in [1.807, 2.05) is 0 Å². The molecule has 0 spiro atoms. The number of nitrogens with zero attached hydrogens (tertiary/aromatic N) is 1. The van der Waals surface area contributed by atoms with Gasteiger partial charge in [-0.05, 0) is 43.0 Å². The highest BCUT2D eigenvalue weighted by molar-refractivity contribution is 9.10. The first-order valence-corrected chi connectivity index (χ1v) is 7.62. The third-order valence-corrected chi connectivity index (χ3v) is 5.04. The first-order chi connectivity index (χ1) is 8.24. The van der Waals surface area contributed by atoms with Gasteiger partial charge >= 0.3 is 0 Å². The Hall–Kier alpha value is -0.0500. The number of rotatable bonds is 4. The highest BCUT2D eigenvalue weighted by Gasteiger charge is 2.60. The van der Waals surface area contributed by atoms with E-state index in [0.717, 1.165) is 24.8 Å². The molecule has 0 aromatic heterocycles. The van der Waals surface area contributed by atoms with Crippen LogP contribution in [0.5, 0.6) is 0 Å². The second-order valence-corrected chi connectivity index (χ2v) is 6.64. The molecule has 1 aromatic rings. The lowest BCUT2D eigenvalue weighted by Crippen LogP contribution is -2.27. The molecule has 1 heterocycles. The number of fused-ring (bicyclic) bond motifs is 1. The molecule has 3 heteroatoms. The SMILES string of the molecule is ClCCCN1C[C@H]2C[C@@]2(c2ccc(Br)cc2)C1. The molecule has 1 saturated carbocycles. The van der Waals surface area contributed by atoms with Gasteiger partial charge in [-0.3, -0.25) is 0 Å². The third-order valence-electron chi connectivity index (χ3n) is 4.24. The summed E-state index contributed by atoms with van der Waals surface area (Å²) >= 11 is 9.27. The van der Waals surface area contributed by atoms with Gasteiger partial charge in [0.25, 0.3) is 0 Å². The minimum atomic E-state index is 0.479. The molecular weight excluding hydrogens is 298 g/mol. The van der Waals surface area contributed by atoms with Gasteiger partial charge in [0, 0.05) is 28.9 Å². The highest BCUT2D eigenvalue weighted by Crippen LogP contribution is 2.58. The molecule has 2 fully saturated rings. The van der Waals surface area contributed by atoms with Crippen LogP contribution in [0.1, 0.15) is 18.4 Å². The van der Waals surface area contributed by atoms with E-state index in [1.54, 1.807) is 0 Å². The van der Waals surface area contributed by atoms with Crippen LogP contribution in [-0.2, 0) is 5.41 Å². The van der Waals surface area contributed by atoms with E-state index in [4.69, 9.17) is 11.6 Å². The van der Waals surface area contributed by atoms with Crippen LogP contribution in [0.15, 0.2) is 28.7 Å². The molecule has 1 aliphatic carbocycles. The fourth-order valence-corrected chi connectivity index (χ4v) is 3.65. The minimum absolute atomic E-state index is 0.479. The Labute approximate surface area is 116 Å². The number of alkyl halides is 1. The predicted molar refractivity (Wildman–Crippen MR) is 75.7 cm³/mol. The van der Waals surface area contributed by atoms with Crippen molar-refractivity contribution in [3.05, 3.63) is 34.3 Å². The zero-order valence-electron chi connectivity index (χ0n) is 9.83. The molecule has 2 atom stereocenters. The van der Waals surface area contributed by atoms with Crippen molar-refractivity contribution in [3.8, 4) is 0 Å². The van der Waals surface area contributed by atoms with Gasteiger partial charge < -0.3 is 4.90 Å². The Balaban J connectivity index is 1.71. The Morgan fingerprint density at radius 3 is 2.82 bits per heavy atom.